The van der Waals surface area contributed by atoms with Gasteiger partial charge in [0.15, 0.2) is 0 Å². The zero-order valence-corrected chi connectivity index (χ0v) is 16.9. The van der Waals surface area contributed by atoms with E-state index in [0.717, 1.165) is 0 Å². The van der Waals surface area contributed by atoms with E-state index in [1.807, 2.05) is 0 Å². The zero-order valence-electron chi connectivity index (χ0n) is 16.9. The predicted octanol–water partition coefficient (Wildman–Crippen LogP) is 7.56. The van der Waals surface area contributed by atoms with Crippen molar-refractivity contribution in [3.8, 4) is 0 Å². The van der Waals surface area contributed by atoms with Crippen LogP contribution in [0.1, 0.15) is 122 Å². The van der Waals surface area contributed by atoms with Gasteiger partial charge in [-0.25, -0.2) is 0 Å². The van der Waals surface area contributed by atoms with Crippen LogP contribution in [0.15, 0.2) is 12.2 Å². The van der Waals surface area contributed by atoms with Crippen LogP contribution in [0, 0.1) is 0 Å². The molecule has 0 amide bonds. The summed E-state index contributed by atoms with van der Waals surface area (Å²) in [7, 11) is 2.15. The van der Waals surface area contributed by atoms with Crippen molar-refractivity contribution >= 4 is 0 Å². The van der Waals surface area contributed by atoms with Crippen molar-refractivity contribution in [2.45, 2.75) is 128 Å². The molecule has 1 rings (SSSR count). The van der Waals surface area contributed by atoms with E-state index in [1.54, 1.807) is 0 Å². The highest BCUT2D eigenvalue weighted by molar-refractivity contribution is 4.94. The van der Waals surface area contributed by atoms with Crippen LogP contribution < -0.4 is 5.32 Å². The third-order valence-electron chi connectivity index (χ3n) is 6.01. The highest BCUT2D eigenvalue weighted by atomic mass is 15.0. The van der Waals surface area contributed by atoms with Crippen molar-refractivity contribution in [1.29, 1.82) is 0 Å². The second kappa shape index (κ2) is 15.0. The molecule has 1 aliphatic rings. The van der Waals surface area contributed by atoms with E-state index in [4.69, 9.17) is 0 Å². The van der Waals surface area contributed by atoms with Crippen molar-refractivity contribution in [3.05, 3.63) is 12.2 Å². The molecule has 0 saturated heterocycles. The molecule has 0 aromatic rings. The quantitative estimate of drug-likeness (QED) is 0.214. The van der Waals surface area contributed by atoms with E-state index < -0.39 is 0 Å². The highest BCUT2D eigenvalue weighted by Crippen LogP contribution is 2.35. The molecule has 0 bridgehead atoms. The lowest BCUT2D eigenvalue weighted by molar-refractivity contribution is 0.178. The first-order chi connectivity index (χ1) is 11.8. The minimum Gasteiger partial charge on any atom is -0.314 e. The largest absolute Gasteiger partial charge is 0.314 e. The number of rotatable bonds is 17. The fourth-order valence-electron chi connectivity index (χ4n) is 3.94. The van der Waals surface area contributed by atoms with E-state index in [2.05, 4.69) is 31.4 Å². The SMILES string of the molecule is CCCCCCCCC=CCCCCCCCCC1(NC)CCC1. The van der Waals surface area contributed by atoms with Crippen molar-refractivity contribution in [2.24, 2.45) is 0 Å². The standard InChI is InChI=1S/C23H45N/c1-3-4-5-6-7-8-9-10-11-12-13-14-15-16-17-18-20-23(24-2)21-19-22-23/h10-11,24H,3-9,12-22H2,1-2H3. The lowest BCUT2D eigenvalue weighted by atomic mass is 9.73. The first-order valence-corrected chi connectivity index (χ1v) is 11.2. The van der Waals surface area contributed by atoms with Crippen molar-refractivity contribution in [2.75, 3.05) is 7.05 Å². The maximum Gasteiger partial charge on any atom is 0.0178 e. The molecule has 0 aromatic carbocycles. The van der Waals surface area contributed by atoms with Crippen LogP contribution >= 0.6 is 0 Å². The van der Waals surface area contributed by atoms with Gasteiger partial charge in [-0.05, 0) is 58.4 Å². The van der Waals surface area contributed by atoms with Gasteiger partial charge in [-0.2, -0.15) is 0 Å². The topological polar surface area (TPSA) is 12.0 Å². The normalized spacial score (nSPS) is 16.6. The Morgan fingerprint density at radius 3 is 1.67 bits per heavy atom. The van der Waals surface area contributed by atoms with Gasteiger partial charge in [0.25, 0.3) is 0 Å². The van der Waals surface area contributed by atoms with E-state index in [9.17, 15) is 0 Å². The molecule has 24 heavy (non-hydrogen) atoms. The van der Waals surface area contributed by atoms with Crippen LogP contribution in [0.5, 0.6) is 0 Å². The molecule has 1 saturated carbocycles. The van der Waals surface area contributed by atoms with Gasteiger partial charge in [-0.15, -0.1) is 0 Å². The molecular weight excluding hydrogens is 290 g/mol. The molecule has 0 aliphatic heterocycles. The fourth-order valence-corrected chi connectivity index (χ4v) is 3.94. The molecule has 0 spiro atoms. The molecule has 1 heteroatoms. The third-order valence-corrected chi connectivity index (χ3v) is 6.01. The van der Waals surface area contributed by atoms with E-state index >= 15 is 0 Å². The predicted molar refractivity (Wildman–Crippen MR) is 110 cm³/mol. The minimum atomic E-state index is 0.542. The van der Waals surface area contributed by atoms with Gasteiger partial charge in [0.1, 0.15) is 0 Å². The Bertz CT molecular complexity index is 285. The molecule has 1 fully saturated rings. The monoisotopic (exact) mass is 335 g/mol. The zero-order chi connectivity index (χ0) is 17.3. The van der Waals surface area contributed by atoms with E-state index in [1.165, 1.54) is 116 Å². The molecule has 0 unspecified atom stereocenters. The molecule has 0 heterocycles. The number of hydrogen-bond donors (Lipinski definition) is 1. The maximum atomic E-state index is 3.56. The number of nitrogens with one attached hydrogen (secondary N) is 1. The van der Waals surface area contributed by atoms with Gasteiger partial charge in [0, 0.05) is 5.54 Å². The highest BCUT2D eigenvalue weighted by Gasteiger charge is 2.33. The summed E-state index contributed by atoms with van der Waals surface area (Å²) in [6, 6.07) is 0. The molecular formula is C23H45N. The molecule has 1 N–H and O–H groups in total. The molecule has 0 atom stereocenters. The molecule has 1 nitrogen and oxygen atoms in total. The van der Waals surface area contributed by atoms with Crippen LogP contribution in [0.2, 0.25) is 0 Å². The summed E-state index contributed by atoms with van der Waals surface area (Å²) in [6.45, 7) is 2.29. The van der Waals surface area contributed by atoms with Crippen LogP contribution in [-0.2, 0) is 0 Å². The Labute approximate surface area is 153 Å². The van der Waals surface area contributed by atoms with E-state index in [0.29, 0.717) is 5.54 Å². The summed E-state index contributed by atoms with van der Waals surface area (Å²) in [5, 5.41) is 3.56. The van der Waals surface area contributed by atoms with Crippen LogP contribution in [0.4, 0.5) is 0 Å². The minimum absolute atomic E-state index is 0.542. The lowest BCUT2D eigenvalue weighted by Crippen LogP contribution is -2.48. The smallest absolute Gasteiger partial charge is 0.0178 e. The first-order valence-electron chi connectivity index (χ1n) is 11.2. The molecule has 142 valence electrons. The number of unbranched alkanes of at least 4 members (excludes halogenated alkanes) is 12. The Hall–Kier alpha value is -0.300. The third kappa shape index (κ3) is 10.5. The summed E-state index contributed by atoms with van der Waals surface area (Å²) < 4.78 is 0. The Morgan fingerprint density at radius 1 is 0.708 bits per heavy atom. The number of hydrogen-bond acceptors (Lipinski definition) is 1. The van der Waals surface area contributed by atoms with Crippen molar-refractivity contribution in [1.82, 2.24) is 5.32 Å². The van der Waals surface area contributed by atoms with Crippen LogP contribution in [0.25, 0.3) is 0 Å². The average molecular weight is 336 g/mol. The second-order valence-corrected chi connectivity index (χ2v) is 8.07. The summed E-state index contributed by atoms with van der Waals surface area (Å²) in [5.41, 5.74) is 0.542. The van der Waals surface area contributed by atoms with Gasteiger partial charge in [0.05, 0.1) is 0 Å². The fraction of sp³-hybridized carbons (Fsp3) is 0.913. The van der Waals surface area contributed by atoms with Gasteiger partial charge in [-0.1, -0.05) is 83.3 Å². The number of allylic oxidation sites excluding steroid dienone is 2. The maximum absolute atomic E-state index is 3.56. The van der Waals surface area contributed by atoms with Crippen molar-refractivity contribution in [3.63, 3.8) is 0 Å². The first kappa shape index (κ1) is 21.7. The van der Waals surface area contributed by atoms with Crippen LogP contribution in [0.3, 0.4) is 0 Å². The van der Waals surface area contributed by atoms with Gasteiger partial charge >= 0.3 is 0 Å². The summed E-state index contributed by atoms with van der Waals surface area (Å²) >= 11 is 0. The van der Waals surface area contributed by atoms with Crippen LogP contribution in [-0.4, -0.2) is 12.6 Å². The van der Waals surface area contributed by atoms with Gasteiger partial charge < -0.3 is 5.32 Å². The summed E-state index contributed by atoms with van der Waals surface area (Å²) in [5.74, 6) is 0. The van der Waals surface area contributed by atoms with Crippen molar-refractivity contribution < 1.29 is 0 Å². The average Bonchev–Trinajstić information content (AvgIpc) is 2.56. The van der Waals surface area contributed by atoms with Gasteiger partial charge in [-0.3, -0.25) is 0 Å². The molecule has 0 radical (unpaired) electrons. The Kier molecular flexibility index (Phi) is 13.6. The summed E-state index contributed by atoms with van der Waals surface area (Å²) in [4.78, 5) is 0. The van der Waals surface area contributed by atoms with Gasteiger partial charge in [0.2, 0.25) is 0 Å². The second-order valence-electron chi connectivity index (χ2n) is 8.07. The Balaban J connectivity index is 1.75. The molecule has 1 aliphatic carbocycles. The Morgan fingerprint density at radius 2 is 1.21 bits per heavy atom. The lowest BCUT2D eigenvalue weighted by Gasteiger charge is -2.42. The summed E-state index contributed by atoms with van der Waals surface area (Å²) in [6.07, 6.45) is 30.2. The van der Waals surface area contributed by atoms with E-state index in [-0.39, 0.29) is 0 Å². The molecule has 0 aromatic heterocycles.